The minimum Gasteiger partial charge on any atom is -0.144 e. The quantitative estimate of drug-likeness (QED) is 0.192. The Morgan fingerprint density at radius 1 is 0.500 bits per heavy atom. The standard InChI is InChI=1S/C32H46S2/c1-5-9-19-27-25-33-31(29(27)21-11-7-3)23-17-15-13-14-16-18-24-32-30(22-12-8-4)28(26-34-32)20-10-6-2/h13-18,23-26H,5-12,19-22H2,1-4H3/b15-13+,16-14+,23-17+,24-18+. The first kappa shape index (κ1) is 28.6. The van der Waals surface area contributed by atoms with E-state index in [4.69, 9.17) is 0 Å². The Balaban J connectivity index is 1.95. The number of hydrogen-bond acceptors (Lipinski definition) is 2. The van der Waals surface area contributed by atoms with E-state index in [1.54, 1.807) is 22.3 Å². The van der Waals surface area contributed by atoms with Gasteiger partial charge in [-0.2, -0.15) is 0 Å². The molecular weight excluding hydrogens is 448 g/mol. The molecule has 2 rings (SSSR count). The molecule has 0 aliphatic rings. The number of thiophene rings is 2. The van der Waals surface area contributed by atoms with Gasteiger partial charge in [-0.25, -0.2) is 0 Å². The molecule has 0 N–H and O–H groups in total. The van der Waals surface area contributed by atoms with Crippen LogP contribution in [0.3, 0.4) is 0 Å². The van der Waals surface area contributed by atoms with E-state index < -0.39 is 0 Å². The highest BCUT2D eigenvalue weighted by molar-refractivity contribution is 7.11. The molecule has 2 heterocycles. The van der Waals surface area contributed by atoms with Crippen molar-refractivity contribution in [2.45, 2.75) is 105 Å². The van der Waals surface area contributed by atoms with Gasteiger partial charge >= 0.3 is 0 Å². The van der Waals surface area contributed by atoms with Gasteiger partial charge in [0, 0.05) is 9.75 Å². The molecule has 2 aromatic rings. The van der Waals surface area contributed by atoms with Crippen LogP contribution < -0.4 is 0 Å². The smallest absolute Gasteiger partial charge is 0.0305 e. The summed E-state index contributed by atoms with van der Waals surface area (Å²) in [6.07, 6.45) is 32.7. The summed E-state index contributed by atoms with van der Waals surface area (Å²) in [5.41, 5.74) is 6.35. The zero-order valence-electron chi connectivity index (χ0n) is 22.1. The first-order chi connectivity index (χ1) is 16.7. The van der Waals surface area contributed by atoms with Crippen LogP contribution in [0.4, 0.5) is 0 Å². The van der Waals surface area contributed by atoms with Crippen LogP contribution in [0.1, 0.15) is 111 Å². The molecule has 0 saturated heterocycles. The summed E-state index contributed by atoms with van der Waals surface area (Å²) in [5.74, 6) is 0. The summed E-state index contributed by atoms with van der Waals surface area (Å²) in [7, 11) is 0. The van der Waals surface area contributed by atoms with Gasteiger partial charge < -0.3 is 0 Å². The fourth-order valence-electron chi connectivity index (χ4n) is 4.12. The first-order valence-corrected chi connectivity index (χ1v) is 15.4. The lowest BCUT2D eigenvalue weighted by Crippen LogP contribution is -1.92. The van der Waals surface area contributed by atoms with Crippen molar-refractivity contribution in [2.75, 3.05) is 0 Å². The number of allylic oxidation sites excluding steroid dienone is 6. The second-order valence-electron chi connectivity index (χ2n) is 9.11. The summed E-state index contributed by atoms with van der Waals surface area (Å²) in [4.78, 5) is 2.90. The van der Waals surface area contributed by atoms with Gasteiger partial charge in [-0.05, 0) is 96.5 Å². The van der Waals surface area contributed by atoms with Crippen molar-refractivity contribution >= 4 is 34.8 Å². The molecule has 0 bridgehead atoms. The molecule has 0 radical (unpaired) electrons. The largest absolute Gasteiger partial charge is 0.144 e. The topological polar surface area (TPSA) is 0 Å². The average Bonchev–Trinajstić information content (AvgIpc) is 3.43. The first-order valence-electron chi connectivity index (χ1n) is 13.6. The van der Waals surface area contributed by atoms with Crippen molar-refractivity contribution in [3.63, 3.8) is 0 Å². The lowest BCUT2D eigenvalue weighted by molar-refractivity contribution is 0.761. The SMILES string of the molecule is CCCCc1csc(/C=C/C=C/C=C/C=C/c2scc(CCCC)c2CCCC)c1CCCC. The second-order valence-corrected chi connectivity index (χ2v) is 10.9. The summed E-state index contributed by atoms with van der Waals surface area (Å²) in [6, 6.07) is 0. The van der Waals surface area contributed by atoms with E-state index in [9.17, 15) is 0 Å². The Kier molecular flexibility index (Phi) is 14.9. The van der Waals surface area contributed by atoms with E-state index in [-0.39, 0.29) is 0 Å². The third kappa shape index (κ3) is 9.92. The second kappa shape index (κ2) is 17.7. The van der Waals surface area contributed by atoms with Gasteiger partial charge in [-0.1, -0.05) is 89.8 Å². The number of aryl methyl sites for hydroxylation is 2. The maximum absolute atomic E-state index is 2.39. The zero-order chi connectivity index (χ0) is 24.4. The summed E-state index contributed by atoms with van der Waals surface area (Å²) >= 11 is 3.82. The monoisotopic (exact) mass is 494 g/mol. The van der Waals surface area contributed by atoms with Gasteiger partial charge in [0.2, 0.25) is 0 Å². The molecule has 0 saturated carbocycles. The molecule has 0 aliphatic heterocycles. The molecule has 0 nitrogen and oxygen atoms in total. The van der Waals surface area contributed by atoms with Gasteiger partial charge in [-0.3, -0.25) is 0 Å². The van der Waals surface area contributed by atoms with E-state index in [0.717, 1.165) is 0 Å². The molecule has 0 fully saturated rings. The molecule has 186 valence electrons. The zero-order valence-corrected chi connectivity index (χ0v) is 23.7. The highest BCUT2D eigenvalue weighted by Crippen LogP contribution is 2.28. The van der Waals surface area contributed by atoms with Gasteiger partial charge in [0.25, 0.3) is 0 Å². The van der Waals surface area contributed by atoms with E-state index in [1.807, 2.05) is 22.7 Å². The molecule has 34 heavy (non-hydrogen) atoms. The highest BCUT2D eigenvalue weighted by atomic mass is 32.1. The van der Waals surface area contributed by atoms with Crippen molar-refractivity contribution < 1.29 is 0 Å². The van der Waals surface area contributed by atoms with E-state index in [0.29, 0.717) is 0 Å². The predicted molar refractivity (Wildman–Crippen MR) is 159 cm³/mol. The number of hydrogen-bond donors (Lipinski definition) is 0. The Hall–Kier alpha value is -1.64. The van der Waals surface area contributed by atoms with Gasteiger partial charge in [0.1, 0.15) is 0 Å². The fourth-order valence-corrected chi connectivity index (χ4v) is 6.24. The molecule has 0 atom stereocenters. The molecule has 2 aromatic heterocycles. The maximum atomic E-state index is 2.39. The highest BCUT2D eigenvalue weighted by Gasteiger charge is 2.10. The molecule has 0 aliphatic carbocycles. The van der Waals surface area contributed by atoms with Crippen molar-refractivity contribution in [1.82, 2.24) is 0 Å². The molecule has 0 aromatic carbocycles. The molecule has 2 heteroatoms. The average molecular weight is 495 g/mol. The van der Waals surface area contributed by atoms with Crippen molar-refractivity contribution in [3.8, 4) is 0 Å². The van der Waals surface area contributed by atoms with Crippen molar-refractivity contribution in [1.29, 1.82) is 0 Å². The Labute approximate surface area is 218 Å². The summed E-state index contributed by atoms with van der Waals surface area (Å²) in [5, 5.41) is 4.78. The van der Waals surface area contributed by atoms with Crippen LogP contribution in [0, 0.1) is 0 Å². The third-order valence-electron chi connectivity index (χ3n) is 6.24. The van der Waals surface area contributed by atoms with Gasteiger partial charge in [0.05, 0.1) is 0 Å². The van der Waals surface area contributed by atoms with E-state index >= 15 is 0 Å². The van der Waals surface area contributed by atoms with Crippen LogP contribution in [0.15, 0.2) is 47.2 Å². The number of rotatable bonds is 17. The van der Waals surface area contributed by atoms with Gasteiger partial charge in [0.15, 0.2) is 0 Å². The molecule has 0 spiro atoms. The van der Waals surface area contributed by atoms with Crippen LogP contribution in [0.5, 0.6) is 0 Å². The molecular formula is C32H46S2. The Bertz CT molecular complexity index is 841. The van der Waals surface area contributed by atoms with Crippen molar-refractivity contribution in [2.24, 2.45) is 0 Å². The van der Waals surface area contributed by atoms with Crippen molar-refractivity contribution in [3.05, 3.63) is 79.2 Å². The van der Waals surface area contributed by atoms with Crippen LogP contribution in [-0.4, -0.2) is 0 Å². The minimum absolute atomic E-state index is 1.22. The maximum Gasteiger partial charge on any atom is 0.0305 e. The van der Waals surface area contributed by atoms with Crippen LogP contribution in [0.2, 0.25) is 0 Å². The number of unbranched alkanes of at least 4 members (excludes halogenated alkanes) is 4. The molecule has 0 unspecified atom stereocenters. The summed E-state index contributed by atoms with van der Waals surface area (Å²) in [6.45, 7) is 9.13. The predicted octanol–water partition coefficient (Wildman–Crippen LogP) is 11.0. The normalized spacial score (nSPS) is 12.5. The minimum atomic E-state index is 1.22. The van der Waals surface area contributed by atoms with Gasteiger partial charge in [-0.15, -0.1) is 22.7 Å². The fraction of sp³-hybridized carbons (Fsp3) is 0.500. The van der Waals surface area contributed by atoms with Crippen LogP contribution in [0.25, 0.3) is 12.2 Å². The van der Waals surface area contributed by atoms with Crippen LogP contribution in [-0.2, 0) is 25.7 Å². The lowest BCUT2D eigenvalue weighted by Gasteiger charge is -2.04. The van der Waals surface area contributed by atoms with E-state index in [1.165, 1.54) is 86.8 Å². The third-order valence-corrected chi connectivity index (χ3v) is 8.31. The molecule has 0 amide bonds. The van der Waals surface area contributed by atoms with Crippen LogP contribution >= 0.6 is 22.7 Å². The lowest BCUT2D eigenvalue weighted by atomic mass is 10.0. The Morgan fingerprint density at radius 2 is 0.853 bits per heavy atom. The van der Waals surface area contributed by atoms with E-state index in [2.05, 4.69) is 87.1 Å². The summed E-state index contributed by atoms with van der Waals surface area (Å²) < 4.78 is 0. The Morgan fingerprint density at radius 3 is 1.24 bits per heavy atom.